The maximum Gasteiger partial charge on any atom is 0.547 e. The fourth-order valence-electron chi connectivity index (χ4n) is 2.69. The molecule has 0 saturated carbocycles. The molecule has 0 radical (unpaired) electrons. The topological polar surface area (TPSA) is 102 Å². The van der Waals surface area contributed by atoms with Crippen molar-refractivity contribution in [1.29, 1.82) is 0 Å². The summed E-state index contributed by atoms with van der Waals surface area (Å²) < 4.78 is 10.5. The number of rotatable bonds is 7. The largest absolute Gasteiger partial charge is 0.547 e. The molecular formula is C17H22BNO6. The molecule has 0 aromatic heterocycles. The number of fused-ring (bicyclic) bond motifs is 1. The molecule has 0 bridgehead atoms. The van der Waals surface area contributed by atoms with Crippen LogP contribution in [0.15, 0.2) is 18.2 Å². The first-order chi connectivity index (χ1) is 11.9. The van der Waals surface area contributed by atoms with E-state index in [0.29, 0.717) is 24.8 Å². The highest BCUT2D eigenvalue weighted by Crippen LogP contribution is 2.30. The molecule has 25 heavy (non-hydrogen) atoms. The zero-order valence-corrected chi connectivity index (χ0v) is 14.4. The van der Waals surface area contributed by atoms with Crippen LogP contribution in [0.5, 0.6) is 5.75 Å². The zero-order valence-electron chi connectivity index (χ0n) is 14.4. The molecule has 0 fully saturated rings. The fourth-order valence-corrected chi connectivity index (χ4v) is 2.69. The van der Waals surface area contributed by atoms with Crippen LogP contribution < -0.4 is 9.97 Å². The lowest BCUT2D eigenvalue weighted by atomic mass is 9.72. The quantitative estimate of drug-likeness (QED) is 0.565. The molecule has 1 aliphatic rings. The van der Waals surface area contributed by atoms with Crippen LogP contribution in [0.3, 0.4) is 0 Å². The Morgan fingerprint density at radius 1 is 1.36 bits per heavy atom. The number of hydrogen-bond acceptors (Lipinski definition) is 6. The smallest absolute Gasteiger partial charge is 0.534 e. The molecule has 1 aromatic rings. The van der Waals surface area contributed by atoms with E-state index in [4.69, 9.17) is 9.39 Å². The van der Waals surface area contributed by atoms with Gasteiger partial charge in [-0.25, -0.2) is 4.79 Å². The average molecular weight is 347 g/mol. The molecule has 1 aliphatic heterocycles. The molecule has 8 heteroatoms. The van der Waals surface area contributed by atoms with Crippen LogP contribution in [-0.2, 0) is 20.7 Å². The van der Waals surface area contributed by atoms with Gasteiger partial charge >= 0.3 is 13.1 Å². The number of para-hydroxylation sites is 1. The fraction of sp³-hybridized carbons (Fsp3) is 0.471. The molecule has 1 aromatic carbocycles. The number of Topliss-reactive ketones (excluding diaryl/α,β-unsaturated/α-hetero) is 1. The Morgan fingerprint density at radius 2 is 2.12 bits per heavy atom. The summed E-state index contributed by atoms with van der Waals surface area (Å²) in [5.74, 6) is -1.06. The number of benzene rings is 1. The summed E-state index contributed by atoms with van der Waals surface area (Å²) in [4.78, 5) is 34.8. The number of esters is 1. The highest BCUT2D eigenvalue weighted by Gasteiger charge is 2.37. The summed E-state index contributed by atoms with van der Waals surface area (Å²) in [5, 5.41) is 12.9. The Morgan fingerprint density at radius 3 is 2.80 bits per heavy atom. The number of amides is 1. The molecule has 0 aliphatic carbocycles. The minimum Gasteiger partial charge on any atom is -0.534 e. The third-order valence-electron chi connectivity index (χ3n) is 3.89. The van der Waals surface area contributed by atoms with Crippen molar-refractivity contribution in [2.45, 2.75) is 45.5 Å². The number of hydrogen-bond donors (Lipinski definition) is 2. The van der Waals surface area contributed by atoms with E-state index in [9.17, 15) is 19.4 Å². The highest BCUT2D eigenvalue weighted by atomic mass is 16.5. The van der Waals surface area contributed by atoms with Gasteiger partial charge in [0.15, 0.2) is 0 Å². The Bertz CT molecular complexity index is 663. The molecule has 0 spiro atoms. The Balaban J connectivity index is 2.03. The number of nitrogens with one attached hydrogen (secondary N) is 1. The molecule has 1 unspecified atom stereocenters. The van der Waals surface area contributed by atoms with Gasteiger partial charge in [-0.2, -0.15) is 0 Å². The van der Waals surface area contributed by atoms with E-state index in [0.717, 1.165) is 0 Å². The number of carbonyl (C=O) groups excluding carboxylic acids is 3. The second kappa shape index (κ2) is 8.66. The van der Waals surface area contributed by atoms with Gasteiger partial charge in [-0.1, -0.05) is 12.1 Å². The van der Waals surface area contributed by atoms with E-state index < -0.39 is 19.0 Å². The summed E-state index contributed by atoms with van der Waals surface area (Å²) >= 11 is 0. The minimum atomic E-state index is -1.26. The van der Waals surface area contributed by atoms with Crippen LogP contribution in [0, 0.1) is 0 Å². The van der Waals surface area contributed by atoms with Crippen LogP contribution in [0.1, 0.15) is 49.0 Å². The van der Waals surface area contributed by atoms with Crippen LogP contribution in [-0.4, -0.2) is 42.4 Å². The molecule has 2 N–H and O–H groups in total. The Hall–Kier alpha value is -2.35. The lowest BCUT2D eigenvalue weighted by molar-refractivity contribution is -0.121. The van der Waals surface area contributed by atoms with Gasteiger partial charge in [-0.15, -0.1) is 0 Å². The van der Waals surface area contributed by atoms with Gasteiger partial charge in [0.05, 0.1) is 12.5 Å². The van der Waals surface area contributed by atoms with Gasteiger partial charge in [0.1, 0.15) is 17.1 Å². The van der Waals surface area contributed by atoms with Crippen LogP contribution in [0.4, 0.5) is 0 Å². The van der Waals surface area contributed by atoms with Crippen molar-refractivity contribution in [3.63, 3.8) is 0 Å². The second-order valence-corrected chi connectivity index (χ2v) is 5.96. The van der Waals surface area contributed by atoms with E-state index in [2.05, 4.69) is 5.32 Å². The lowest BCUT2D eigenvalue weighted by Crippen LogP contribution is -2.53. The summed E-state index contributed by atoms with van der Waals surface area (Å²) in [7, 11) is -1.26. The first-order valence-electron chi connectivity index (χ1n) is 8.35. The first-order valence-corrected chi connectivity index (χ1v) is 8.35. The van der Waals surface area contributed by atoms with Gasteiger partial charge in [0.25, 0.3) is 0 Å². The maximum absolute atomic E-state index is 12.0. The van der Waals surface area contributed by atoms with E-state index >= 15 is 0 Å². The number of ketones is 1. The molecule has 2 rings (SSSR count). The SMILES string of the molecule is CCOC(=O)c1cccc2c1OB(O)C(NC(=O)CCCC(C)=O)C2. The van der Waals surface area contributed by atoms with Crippen molar-refractivity contribution in [1.82, 2.24) is 5.32 Å². The maximum atomic E-state index is 12.0. The van der Waals surface area contributed by atoms with Gasteiger partial charge < -0.3 is 24.5 Å². The Kier molecular flexibility index (Phi) is 6.58. The number of carbonyl (C=O) groups is 3. The van der Waals surface area contributed by atoms with Crippen LogP contribution in [0.2, 0.25) is 0 Å². The predicted octanol–water partition coefficient (Wildman–Crippen LogP) is 1.06. The third-order valence-corrected chi connectivity index (χ3v) is 3.89. The Labute approximate surface area is 146 Å². The minimum absolute atomic E-state index is 0.0363. The summed E-state index contributed by atoms with van der Waals surface area (Å²) in [6.07, 6.45) is 1.36. The van der Waals surface area contributed by atoms with Crippen LogP contribution in [0.25, 0.3) is 0 Å². The van der Waals surface area contributed by atoms with Crippen molar-refractivity contribution in [2.75, 3.05) is 6.61 Å². The normalized spacial score (nSPS) is 15.8. The van der Waals surface area contributed by atoms with Gasteiger partial charge in [0.2, 0.25) is 5.91 Å². The second-order valence-electron chi connectivity index (χ2n) is 5.96. The van der Waals surface area contributed by atoms with E-state index in [1.54, 1.807) is 25.1 Å². The van der Waals surface area contributed by atoms with Crippen LogP contribution >= 0.6 is 0 Å². The van der Waals surface area contributed by atoms with Crippen molar-refractivity contribution >= 4 is 24.8 Å². The average Bonchev–Trinajstić information content (AvgIpc) is 2.55. The van der Waals surface area contributed by atoms with Crippen molar-refractivity contribution in [3.8, 4) is 5.75 Å². The third kappa shape index (κ3) is 5.06. The van der Waals surface area contributed by atoms with Gasteiger partial charge in [-0.3, -0.25) is 4.79 Å². The molecular weight excluding hydrogens is 325 g/mol. The van der Waals surface area contributed by atoms with Gasteiger partial charge in [-0.05, 0) is 38.3 Å². The molecule has 134 valence electrons. The molecule has 7 nitrogen and oxygen atoms in total. The van der Waals surface area contributed by atoms with Crippen molar-refractivity contribution in [3.05, 3.63) is 29.3 Å². The van der Waals surface area contributed by atoms with Gasteiger partial charge in [0, 0.05) is 12.8 Å². The number of ether oxygens (including phenoxy) is 1. The summed E-state index contributed by atoms with van der Waals surface area (Å²) in [6.45, 7) is 3.43. The standard InChI is InChI=1S/C17H22BNO6/c1-3-24-17(22)13-8-5-7-12-10-14(18(23)25-16(12)13)19-15(21)9-4-6-11(2)20/h5,7-8,14,23H,3-4,6,9-10H2,1-2H3,(H,19,21). The van der Waals surface area contributed by atoms with E-state index in [1.807, 2.05) is 0 Å². The summed E-state index contributed by atoms with van der Waals surface area (Å²) in [5.41, 5.74) is 0.967. The van der Waals surface area contributed by atoms with E-state index in [-0.39, 0.29) is 36.0 Å². The summed E-state index contributed by atoms with van der Waals surface area (Å²) in [6, 6.07) is 5.06. The highest BCUT2D eigenvalue weighted by molar-refractivity contribution is 6.47. The zero-order chi connectivity index (χ0) is 18.4. The lowest BCUT2D eigenvalue weighted by Gasteiger charge is -2.29. The first kappa shape index (κ1) is 19.0. The molecule has 1 atom stereocenters. The molecule has 0 saturated heterocycles. The molecule has 1 heterocycles. The van der Waals surface area contributed by atoms with Crippen molar-refractivity contribution in [2.24, 2.45) is 0 Å². The monoisotopic (exact) mass is 347 g/mol. The van der Waals surface area contributed by atoms with Crippen molar-refractivity contribution < 1.29 is 28.8 Å². The predicted molar refractivity (Wildman–Crippen MR) is 91.2 cm³/mol. The van der Waals surface area contributed by atoms with E-state index in [1.165, 1.54) is 6.92 Å². The molecule has 1 amide bonds.